The lowest BCUT2D eigenvalue weighted by Crippen LogP contribution is -2.18. The quantitative estimate of drug-likeness (QED) is 0.528. The standard InChI is InChI=1S/C23H23N5O3/c1-13-6-9-17(10-7-13)24-23(29)21-15(3)28-22(26-25-21)20(14(2)27-28)16-8-11-18(30-4)19(12-16)31-5/h6-12H,1-5H3,(H,24,29). The largest absolute Gasteiger partial charge is 0.493 e. The lowest BCUT2D eigenvalue weighted by molar-refractivity contribution is 0.102. The van der Waals surface area contributed by atoms with Crippen LogP contribution >= 0.6 is 0 Å². The van der Waals surface area contributed by atoms with Crippen molar-refractivity contribution in [3.05, 3.63) is 65.1 Å². The minimum atomic E-state index is -0.337. The predicted molar refractivity (Wildman–Crippen MR) is 118 cm³/mol. The highest BCUT2D eigenvalue weighted by atomic mass is 16.5. The number of nitrogens with one attached hydrogen (secondary N) is 1. The van der Waals surface area contributed by atoms with E-state index in [1.54, 1.807) is 25.7 Å². The number of ether oxygens (including phenoxy) is 2. The lowest BCUT2D eigenvalue weighted by atomic mass is 10.1. The number of anilines is 1. The molecule has 4 rings (SSSR count). The van der Waals surface area contributed by atoms with E-state index in [0.717, 1.165) is 22.4 Å². The molecule has 8 nitrogen and oxygen atoms in total. The van der Waals surface area contributed by atoms with Gasteiger partial charge in [0.05, 0.1) is 31.2 Å². The molecule has 0 unspecified atom stereocenters. The van der Waals surface area contributed by atoms with Crippen LogP contribution in [0, 0.1) is 20.8 Å². The van der Waals surface area contributed by atoms with Gasteiger partial charge in [0.15, 0.2) is 22.8 Å². The van der Waals surface area contributed by atoms with E-state index >= 15 is 0 Å². The Morgan fingerprint density at radius 1 is 0.935 bits per heavy atom. The molecular weight excluding hydrogens is 394 g/mol. The Labute approximate surface area is 179 Å². The summed E-state index contributed by atoms with van der Waals surface area (Å²) in [6, 6.07) is 13.2. The van der Waals surface area contributed by atoms with Gasteiger partial charge < -0.3 is 14.8 Å². The fourth-order valence-corrected chi connectivity index (χ4v) is 3.48. The highest BCUT2D eigenvalue weighted by molar-refractivity contribution is 6.03. The summed E-state index contributed by atoms with van der Waals surface area (Å²) in [7, 11) is 3.18. The van der Waals surface area contributed by atoms with E-state index in [0.29, 0.717) is 28.5 Å². The molecule has 158 valence electrons. The van der Waals surface area contributed by atoms with Crippen molar-refractivity contribution >= 4 is 17.2 Å². The van der Waals surface area contributed by atoms with Gasteiger partial charge in [-0.1, -0.05) is 23.8 Å². The van der Waals surface area contributed by atoms with Gasteiger partial charge in [-0.3, -0.25) is 4.79 Å². The van der Waals surface area contributed by atoms with E-state index in [1.807, 2.05) is 56.3 Å². The summed E-state index contributed by atoms with van der Waals surface area (Å²) in [6.07, 6.45) is 0. The first-order valence-electron chi connectivity index (χ1n) is 9.76. The topological polar surface area (TPSA) is 90.6 Å². The number of carbonyl (C=O) groups is 1. The summed E-state index contributed by atoms with van der Waals surface area (Å²) in [5.74, 6) is 0.909. The summed E-state index contributed by atoms with van der Waals surface area (Å²) in [4.78, 5) is 12.8. The van der Waals surface area contributed by atoms with Crippen molar-refractivity contribution in [1.29, 1.82) is 0 Å². The molecule has 0 spiro atoms. The average molecular weight is 417 g/mol. The summed E-state index contributed by atoms with van der Waals surface area (Å²) < 4.78 is 12.4. The molecule has 0 saturated carbocycles. The minimum absolute atomic E-state index is 0.217. The molecule has 2 aromatic heterocycles. The maximum Gasteiger partial charge on any atom is 0.278 e. The first-order valence-corrected chi connectivity index (χ1v) is 9.76. The van der Waals surface area contributed by atoms with Gasteiger partial charge in [-0.05, 0) is 50.6 Å². The zero-order valence-corrected chi connectivity index (χ0v) is 18.1. The van der Waals surface area contributed by atoms with Gasteiger partial charge in [0.2, 0.25) is 0 Å². The van der Waals surface area contributed by atoms with Crippen LogP contribution in [0.4, 0.5) is 5.69 Å². The van der Waals surface area contributed by atoms with Crippen molar-refractivity contribution in [2.24, 2.45) is 0 Å². The van der Waals surface area contributed by atoms with Crippen molar-refractivity contribution in [2.45, 2.75) is 20.8 Å². The number of amides is 1. The first-order chi connectivity index (χ1) is 14.9. The van der Waals surface area contributed by atoms with Gasteiger partial charge in [-0.25, -0.2) is 4.52 Å². The number of fused-ring (bicyclic) bond motifs is 1. The van der Waals surface area contributed by atoms with Crippen molar-refractivity contribution < 1.29 is 14.3 Å². The SMILES string of the molecule is COc1ccc(-c2c(C)nn3c(C)c(C(=O)Nc4ccc(C)cc4)nnc23)cc1OC. The van der Waals surface area contributed by atoms with Gasteiger partial charge in [0.25, 0.3) is 5.91 Å². The van der Waals surface area contributed by atoms with Gasteiger partial charge in [0, 0.05) is 5.69 Å². The second-order valence-corrected chi connectivity index (χ2v) is 7.22. The second kappa shape index (κ2) is 8.06. The summed E-state index contributed by atoms with van der Waals surface area (Å²) in [5, 5.41) is 16.0. The molecule has 2 heterocycles. The third-order valence-corrected chi connectivity index (χ3v) is 5.14. The van der Waals surface area contributed by atoms with Crippen LogP contribution in [0.25, 0.3) is 16.8 Å². The van der Waals surface area contributed by atoms with E-state index in [4.69, 9.17) is 9.47 Å². The number of aromatic nitrogens is 4. The van der Waals surface area contributed by atoms with Crippen LogP contribution < -0.4 is 14.8 Å². The van der Waals surface area contributed by atoms with Crippen molar-refractivity contribution in [2.75, 3.05) is 19.5 Å². The maximum absolute atomic E-state index is 12.8. The summed E-state index contributed by atoms with van der Waals surface area (Å²) in [6.45, 7) is 5.69. The zero-order valence-electron chi connectivity index (χ0n) is 18.1. The number of benzene rings is 2. The van der Waals surface area contributed by atoms with Gasteiger partial charge in [0.1, 0.15) is 0 Å². The van der Waals surface area contributed by atoms with Crippen LogP contribution in [0.15, 0.2) is 42.5 Å². The second-order valence-electron chi connectivity index (χ2n) is 7.22. The Morgan fingerprint density at radius 3 is 2.32 bits per heavy atom. The Bertz CT molecular complexity index is 1280. The van der Waals surface area contributed by atoms with Crippen LogP contribution in [-0.2, 0) is 0 Å². The Hall–Kier alpha value is -3.94. The predicted octanol–water partition coefficient (Wildman–Crippen LogP) is 3.99. The Balaban J connectivity index is 1.75. The van der Waals surface area contributed by atoms with E-state index in [-0.39, 0.29) is 11.6 Å². The van der Waals surface area contributed by atoms with Crippen LogP contribution in [0.5, 0.6) is 11.5 Å². The Kier molecular flexibility index (Phi) is 5.29. The molecule has 31 heavy (non-hydrogen) atoms. The normalized spacial score (nSPS) is 10.9. The molecule has 0 bridgehead atoms. The number of hydrogen-bond donors (Lipinski definition) is 1. The molecule has 8 heteroatoms. The number of nitrogens with zero attached hydrogens (tertiary/aromatic N) is 4. The fraction of sp³-hybridized carbons (Fsp3) is 0.217. The molecule has 1 N–H and O–H groups in total. The number of aryl methyl sites for hydroxylation is 3. The molecule has 0 atom stereocenters. The molecule has 2 aromatic carbocycles. The van der Waals surface area contributed by atoms with Gasteiger partial charge in [-0.15, -0.1) is 10.2 Å². The number of hydrogen-bond acceptors (Lipinski definition) is 6. The maximum atomic E-state index is 12.8. The van der Waals surface area contributed by atoms with E-state index in [1.165, 1.54) is 0 Å². The Morgan fingerprint density at radius 2 is 1.65 bits per heavy atom. The third kappa shape index (κ3) is 3.68. The van der Waals surface area contributed by atoms with E-state index in [2.05, 4.69) is 20.6 Å². The van der Waals surface area contributed by atoms with Crippen LogP contribution in [0.3, 0.4) is 0 Å². The molecule has 1 amide bonds. The number of methoxy groups -OCH3 is 2. The number of rotatable bonds is 5. The molecule has 4 aromatic rings. The number of carbonyl (C=O) groups excluding carboxylic acids is 1. The average Bonchev–Trinajstić information content (AvgIpc) is 3.11. The van der Waals surface area contributed by atoms with Crippen LogP contribution in [-0.4, -0.2) is 39.9 Å². The smallest absolute Gasteiger partial charge is 0.278 e. The van der Waals surface area contributed by atoms with Crippen molar-refractivity contribution in [3.63, 3.8) is 0 Å². The van der Waals surface area contributed by atoms with Crippen LogP contribution in [0.1, 0.15) is 27.4 Å². The van der Waals surface area contributed by atoms with E-state index < -0.39 is 0 Å². The molecule has 0 radical (unpaired) electrons. The molecule has 0 fully saturated rings. The van der Waals surface area contributed by atoms with Gasteiger partial charge in [-0.2, -0.15) is 5.10 Å². The zero-order chi connectivity index (χ0) is 22.1. The molecule has 0 aliphatic carbocycles. The lowest BCUT2D eigenvalue weighted by Gasteiger charge is -2.10. The molecule has 0 aliphatic rings. The van der Waals surface area contributed by atoms with E-state index in [9.17, 15) is 4.79 Å². The minimum Gasteiger partial charge on any atom is -0.493 e. The van der Waals surface area contributed by atoms with Crippen molar-refractivity contribution in [1.82, 2.24) is 19.8 Å². The highest BCUT2D eigenvalue weighted by Crippen LogP contribution is 2.35. The summed E-state index contributed by atoms with van der Waals surface area (Å²) in [5.41, 5.74) is 5.65. The third-order valence-electron chi connectivity index (χ3n) is 5.14. The molecular formula is C23H23N5O3. The molecule has 0 saturated heterocycles. The van der Waals surface area contributed by atoms with Crippen molar-refractivity contribution in [3.8, 4) is 22.6 Å². The fourth-order valence-electron chi connectivity index (χ4n) is 3.48. The molecule has 0 aliphatic heterocycles. The summed E-state index contributed by atoms with van der Waals surface area (Å²) >= 11 is 0. The van der Waals surface area contributed by atoms with Gasteiger partial charge >= 0.3 is 0 Å². The highest BCUT2D eigenvalue weighted by Gasteiger charge is 2.21. The first kappa shape index (κ1) is 20.3. The monoisotopic (exact) mass is 417 g/mol. The van der Waals surface area contributed by atoms with Crippen LogP contribution in [0.2, 0.25) is 0 Å².